The van der Waals surface area contributed by atoms with E-state index < -0.39 is 22.1 Å². The normalized spacial score (nSPS) is 23.8. The van der Waals surface area contributed by atoms with Crippen molar-refractivity contribution < 1.29 is 17.2 Å². The van der Waals surface area contributed by atoms with Crippen LogP contribution in [0.2, 0.25) is 0 Å². The molecule has 1 heterocycles. The first-order valence-corrected chi connectivity index (χ1v) is 5.64. The van der Waals surface area contributed by atoms with E-state index in [1.54, 1.807) is 6.07 Å². The van der Waals surface area contributed by atoms with Crippen molar-refractivity contribution in [1.82, 2.24) is 4.72 Å². The van der Waals surface area contributed by atoms with E-state index in [2.05, 4.69) is 9.12 Å². The Labute approximate surface area is 86.0 Å². The number of hydrogen-bond acceptors (Lipinski definition) is 3. The largest absolute Gasteiger partial charge is 0.371 e. The van der Waals surface area contributed by atoms with Gasteiger partial charge in [-0.15, -0.1) is 0 Å². The van der Waals surface area contributed by atoms with Crippen molar-refractivity contribution >= 4 is 16.0 Å². The lowest BCUT2D eigenvalue weighted by Gasteiger charge is -2.05. The molecular weight excluding hydrogens is 221 g/mol. The van der Waals surface area contributed by atoms with Crippen LogP contribution in [0.1, 0.15) is 11.6 Å². The van der Waals surface area contributed by atoms with Gasteiger partial charge in [0.2, 0.25) is 0 Å². The Bertz CT molecular complexity index is 526. The molecule has 1 aliphatic rings. The van der Waals surface area contributed by atoms with Crippen LogP contribution < -0.4 is 14.9 Å². The van der Waals surface area contributed by atoms with Crippen LogP contribution in [0.3, 0.4) is 0 Å². The van der Waals surface area contributed by atoms with Gasteiger partial charge in [0.05, 0.1) is 0 Å². The van der Waals surface area contributed by atoms with E-state index in [4.69, 9.17) is 5.73 Å². The molecule has 1 aliphatic heterocycles. The summed E-state index contributed by atoms with van der Waals surface area (Å²) in [6.45, 7) is 0. The summed E-state index contributed by atoms with van der Waals surface area (Å²) in [7, 11) is -3.59. The predicted molar refractivity (Wildman–Crippen MR) is 51.4 cm³/mol. The molecule has 0 amide bonds. The lowest BCUT2D eigenvalue weighted by molar-refractivity contribution is -0.265. The fourth-order valence-electron chi connectivity index (χ4n) is 1.40. The minimum Gasteiger partial charge on any atom is -0.288 e. The van der Waals surface area contributed by atoms with Crippen molar-refractivity contribution in [3.63, 3.8) is 0 Å². The second kappa shape index (κ2) is 3.28. The van der Waals surface area contributed by atoms with Crippen LogP contribution in [0.15, 0.2) is 24.3 Å². The molecule has 0 unspecified atom stereocenters. The second-order valence-electron chi connectivity index (χ2n) is 3.17. The first kappa shape index (κ1) is 10.1. The predicted octanol–water partition coefficient (Wildman–Crippen LogP) is -1.85. The highest BCUT2D eigenvalue weighted by atomic mass is 32.2. The van der Waals surface area contributed by atoms with Gasteiger partial charge in [-0.3, -0.25) is 5.73 Å². The molecule has 7 heteroatoms. The number of hydrogen-bond donors (Lipinski definition) is 3. The molecule has 15 heavy (non-hydrogen) atoms. The molecule has 1 aromatic carbocycles. The molecule has 80 valence electrons. The molecule has 1 atom stereocenters. The third-order valence-electron chi connectivity index (χ3n) is 2.02. The van der Waals surface area contributed by atoms with E-state index in [-0.39, 0.29) is 5.84 Å². The van der Waals surface area contributed by atoms with E-state index in [9.17, 15) is 12.8 Å². The number of amidine groups is 1. The zero-order chi connectivity index (χ0) is 11.1. The van der Waals surface area contributed by atoms with Crippen molar-refractivity contribution in [2.45, 2.75) is 6.04 Å². The summed E-state index contributed by atoms with van der Waals surface area (Å²) in [6.07, 6.45) is 0. The average molecular weight is 230 g/mol. The van der Waals surface area contributed by atoms with Gasteiger partial charge >= 0.3 is 10.2 Å². The van der Waals surface area contributed by atoms with Crippen LogP contribution in [0.25, 0.3) is 0 Å². The highest BCUT2D eigenvalue weighted by Crippen LogP contribution is 2.14. The third kappa shape index (κ3) is 1.97. The van der Waals surface area contributed by atoms with Crippen molar-refractivity contribution in [1.29, 1.82) is 0 Å². The third-order valence-corrected chi connectivity index (χ3v) is 3.07. The average Bonchev–Trinajstić information content (AvgIpc) is 2.40. The van der Waals surface area contributed by atoms with Gasteiger partial charge in [-0.2, -0.15) is 17.5 Å². The van der Waals surface area contributed by atoms with Crippen LogP contribution >= 0.6 is 0 Å². The monoisotopic (exact) mass is 230 g/mol. The number of nitrogens with one attached hydrogen (secondary N) is 2. The van der Waals surface area contributed by atoms with E-state index in [1.807, 2.05) is 0 Å². The number of benzene rings is 1. The Morgan fingerprint density at radius 3 is 2.73 bits per heavy atom. The van der Waals surface area contributed by atoms with Gasteiger partial charge in [0.25, 0.3) is 5.84 Å². The van der Waals surface area contributed by atoms with Crippen LogP contribution in [0, 0.1) is 5.82 Å². The molecule has 0 aliphatic carbocycles. The summed E-state index contributed by atoms with van der Waals surface area (Å²) < 4.78 is 39.4. The Morgan fingerprint density at radius 1 is 1.47 bits per heavy atom. The van der Waals surface area contributed by atoms with Crippen molar-refractivity contribution in [3.8, 4) is 0 Å². The summed E-state index contributed by atoms with van der Waals surface area (Å²) in [5.74, 6) is -0.396. The zero-order valence-electron chi connectivity index (χ0n) is 7.57. The number of nitrogens with two attached hydrogens (primary N) is 1. The summed E-state index contributed by atoms with van der Waals surface area (Å²) in [5, 5.41) is 0. The van der Waals surface area contributed by atoms with E-state index in [0.29, 0.717) is 5.56 Å². The van der Waals surface area contributed by atoms with Crippen LogP contribution in [-0.2, 0) is 10.2 Å². The van der Waals surface area contributed by atoms with Gasteiger partial charge in [0.1, 0.15) is 5.82 Å². The smallest absolute Gasteiger partial charge is 0.288 e. The number of rotatable bonds is 1. The first-order chi connectivity index (χ1) is 6.98. The zero-order valence-corrected chi connectivity index (χ0v) is 8.38. The van der Waals surface area contributed by atoms with Crippen molar-refractivity contribution in [2.24, 2.45) is 5.73 Å². The summed E-state index contributed by atoms with van der Waals surface area (Å²) in [5.41, 5.74) is 5.94. The Hall–Kier alpha value is -1.47. The first-order valence-electron chi connectivity index (χ1n) is 4.16. The van der Waals surface area contributed by atoms with Crippen LogP contribution in [0.4, 0.5) is 4.39 Å². The molecule has 2 rings (SSSR count). The fraction of sp³-hybridized carbons (Fsp3) is 0.125. The lowest BCUT2D eigenvalue weighted by atomic mass is 10.1. The summed E-state index contributed by atoms with van der Waals surface area (Å²) >= 11 is 0. The molecular formula is C8H9FN3O2S+. The van der Waals surface area contributed by atoms with E-state index >= 15 is 0 Å². The molecule has 0 aromatic heterocycles. The molecule has 0 radical (unpaired) electrons. The fourth-order valence-corrected chi connectivity index (χ4v) is 2.46. The van der Waals surface area contributed by atoms with E-state index in [1.165, 1.54) is 18.2 Å². The lowest BCUT2D eigenvalue weighted by Crippen LogP contribution is -2.76. The van der Waals surface area contributed by atoms with Crippen molar-refractivity contribution in [3.05, 3.63) is 35.6 Å². The molecule has 5 nitrogen and oxygen atoms in total. The summed E-state index contributed by atoms with van der Waals surface area (Å²) in [4.78, 5) is 0. The Balaban J connectivity index is 2.40. The molecule has 0 spiro atoms. The highest BCUT2D eigenvalue weighted by Gasteiger charge is 2.34. The van der Waals surface area contributed by atoms with Gasteiger partial charge in [-0.05, 0) is 17.7 Å². The second-order valence-corrected chi connectivity index (χ2v) is 4.61. The quantitative estimate of drug-likeness (QED) is 0.529. The molecule has 0 bridgehead atoms. The standard InChI is InChI=1S/C8H8FN3O2S/c9-6-3-1-2-5(4-6)7-8(10)12-15(13,14)11-7/h1-4,7,11H,(H2,10,12)/p+1/t7-/m0/s1. The van der Waals surface area contributed by atoms with Gasteiger partial charge in [-0.1, -0.05) is 12.1 Å². The van der Waals surface area contributed by atoms with Gasteiger partial charge in [-0.25, -0.2) is 4.39 Å². The molecule has 1 aromatic rings. The SMILES string of the molecule is NC1=[NH+]S(=O)(=O)N[C@H]1c1cccc(F)c1. The maximum absolute atomic E-state index is 12.9. The summed E-state index contributed by atoms with van der Waals surface area (Å²) in [6, 6.07) is 4.87. The van der Waals surface area contributed by atoms with Crippen molar-refractivity contribution in [2.75, 3.05) is 0 Å². The molecule has 4 N–H and O–H groups in total. The van der Waals surface area contributed by atoms with Gasteiger partial charge in [0.15, 0.2) is 6.04 Å². The van der Waals surface area contributed by atoms with Crippen LogP contribution in [-0.4, -0.2) is 14.3 Å². The molecule has 0 saturated carbocycles. The maximum Gasteiger partial charge on any atom is 0.371 e. The highest BCUT2D eigenvalue weighted by molar-refractivity contribution is 7.83. The Kier molecular flexibility index (Phi) is 2.20. The van der Waals surface area contributed by atoms with E-state index in [0.717, 1.165) is 0 Å². The van der Waals surface area contributed by atoms with Gasteiger partial charge < -0.3 is 0 Å². The van der Waals surface area contributed by atoms with Gasteiger partial charge in [0, 0.05) is 0 Å². The number of halogens is 1. The molecule has 0 fully saturated rings. The van der Waals surface area contributed by atoms with Crippen LogP contribution in [0.5, 0.6) is 0 Å². The minimum absolute atomic E-state index is 0.0422. The minimum atomic E-state index is -3.59. The Morgan fingerprint density at radius 2 is 2.20 bits per heavy atom. The molecule has 0 saturated heterocycles. The topological polar surface area (TPSA) is 86.2 Å². The maximum atomic E-state index is 12.9.